The number of nitrogens with zero attached hydrogens (tertiary/aromatic N) is 1. The first kappa shape index (κ1) is 7.97. The highest BCUT2D eigenvalue weighted by Crippen LogP contribution is 2.06. The van der Waals surface area contributed by atoms with Gasteiger partial charge in [0.2, 0.25) is 10.9 Å². The van der Waals surface area contributed by atoms with Crippen LogP contribution < -0.4 is 5.73 Å². The third-order valence-electron chi connectivity index (χ3n) is 1.75. The van der Waals surface area contributed by atoms with E-state index < -0.39 is 10.9 Å². The fourth-order valence-electron chi connectivity index (χ4n) is 1.05. The van der Waals surface area contributed by atoms with E-state index >= 15 is 0 Å². The monoisotopic (exact) mass is 164 g/mol. The van der Waals surface area contributed by atoms with Gasteiger partial charge in [-0.15, -0.1) is 0 Å². The largest absolute Gasteiger partial charge is 0.328 e. The van der Waals surface area contributed by atoms with Crippen molar-refractivity contribution in [1.29, 1.82) is 0 Å². The second-order valence-electron chi connectivity index (χ2n) is 2.53. The molecule has 0 bridgehead atoms. The van der Waals surface area contributed by atoms with Crippen molar-refractivity contribution in [3.05, 3.63) is 0 Å². The molecule has 5 heteroatoms. The van der Waals surface area contributed by atoms with E-state index in [9.17, 15) is 8.42 Å². The molecule has 1 saturated heterocycles. The minimum Gasteiger partial charge on any atom is -0.328 e. The van der Waals surface area contributed by atoms with Crippen molar-refractivity contribution in [3.63, 3.8) is 0 Å². The van der Waals surface area contributed by atoms with E-state index in [1.54, 1.807) is 0 Å². The summed E-state index contributed by atoms with van der Waals surface area (Å²) < 4.78 is 22.2. The van der Waals surface area contributed by atoms with E-state index in [4.69, 9.17) is 5.73 Å². The Morgan fingerprint density at radius 2 is 1.80 bits per heavy atom. The fraction of sp³-hybridized carbons (Fsp3) is 1.00. The Morgan fingerprint density at radius 3 is 2.20 bits per heavy atom. The summed E-state index contributed by atoms with van der Waals surface area (Å²) in [6.45, 7) is 1.19. The Kier molecular flexibility index (Phi) is 2.64. The third kappa shape index (κ3) is 1.93. The van der Waals surface area contributed by atoms with Gasteiger partial charge in [0.15, 0.2) is 0 Å². The lowest BCUT2D eigenvalue weighted by Crippen LogP contribution is -2.38. The van der Waals surface area contributed by atoms with Gasteiger partial charge in [-0.2, -0.15) is 0 Å². The van der Waals surface area contributed by atoms with Crippen molar-refractivity contribution >= 4 is 10.9 Å². The predicted octanol–water partition coefficient (Wildman–Crippen LogP) is -1.06. The number of rotatable bonds is 1. The summed E-state index contributed by atoms with van der Waals surface area (Å²) in [6.07, 6.45) is 1.59. The maximum Gasteiger partial charge on any atom is 0.203 e. The van der Waals surface area contributed by atoms with Crippen LogP contribution in [0.3, 0.4) is 0 Å². The van der Waals surface area contributed by atoms with Gasteiger partial charge < -0.3 is 5.73 Å². The molecule has 0 spiro atoms. The Morgan fingerprint density at radius 1 is 1.30 bits per heavy atom. The van der Waals surface area contributed by atoms with Crippen LogP contribution in [0.1, 0.15) is 12.8 Å². The summed E-state index contributed by atoms with van der Waals surface area (Å²) in [5.74, 6) is 0. The van der Waals surface area contributed by atoms with Gasteiger partial charge in [0.25, 0.3) is 0 Å². The molecule has 0 atom stereocenters. The van der Waals surface area contributed by atoms with Crippen LogP contribution in [0, 0.1) is 0 Å². The van der Waals surface area contributed by atoms with Gasteiger partial charge in [-0.25, -0.2) is 12.7 Å². The summed E-state index contributed by atoms with van der Waals surface area (Å²) in [7, 11) is -2.36. The summed E-state index contributed by atoms with van der Waals surface area (Å²) in [5, 5.41) is 0. The zero-order valence-corrected chi connectivity index (χ0v) is 6.59. The first-order valence-corrected chi connectivity index (χ1v) is 4.48. The number of thiol groups is 1. The van der Waals surface area contributed by atoms with Gasteiger partial charge in [0.1, 0.15) is 0 Å². The number of hydrogen-bond donors (Lipinski definition) is 2. The predicted molar refractivity (Wildman–Crippen MR) is 39.1 cm³/mol. The van der Waals surface area contributed by atoms with Gasteiger partial charge in [0, 0.05) is 19.1 Å². The molecule has 10 heavy (non-hydrogen) atoms. The summed E-state index contributed by atoms with van der Waals surface area (Å²) >= 11 is 0. The molecular formula is C5H12N2O2S. The zero-order chi connectivity index (χ0) is 7.56. The fourth-order valence-corrected chi connectivity index (χ4v) is 1.61. The van der Waals surface area contributed by atoms with Crippen molar-refractivity contribution in [3.8, 4) is 0 Å². The molecule has 0 saturated carbocycles. The summed E-state index contributed by atoms with van der Waals surface area (Å²) in [5.41, 5.74) is 5.57. The molecule has 0 unspecified atom stereocenters. The van der Waals surface area contributed by atoms with Crippen molar-refractivity contribution in [1.82, 2.24) is 4.31 Å². The average molecular weight is 164 g/mol. The summed E-state index contributed by atoms with van der Waals surface area (Å²) in [4.78, 5) is 0. The third-order valence-corrected chi connectivity index (χ3v) is 2.61. The molecule has 0 radical (unpaired) electrons. The summed E-state index contributed by atoms with van der Waals surface area (Å²) in [6, 6.07) is 0.200. The molecule has 1 rings (SSSR count). The molecule has 0 aromatic carbocycles. The van der Waals surface area contributed by atoms with Crippen LogP contribution in [-0.4, -0.2) is 31.9 Å². The Bertz CT molecular complexity index is 164. The van der Waals surface area contributed by atoms with Gasteiger partial charge in [-0.1, -0.05) is 0 Å². The quantitative estimate of drug-likeness (QED) is 0.485. The Balaban J connectivity index is 2.40. The molecule has 1 aliphatic heterocycles. The van der Waals surface area contributed by atoms with E-state index in [0.29, 0.717) is 13.1 Å². The molecular weight excluding hydrogens is 152 g/mol. The lowest BCUT2D eigenvalue weighted by molar-refractivity contribution is 0.328. The van der Waals surface area contributed by atoms with E-state index in [2.05, 4.69) is 0 Å². The topological polar surface area (TPSA) is 63.4 Å². The first-order valence-electron chi connectivity index (χ1n) is 3.35. The molecule has 0 aromatic rings. The van der Waals surface area contributed by atoms with Crippen LogP contribution in [0.25, 0.3) is 0 Å². The smallest absolute Gasteiger partial charge is 0.203 e. The highest BCUT2D eigenvalue weighted by molar-refractivity contribution is 7.69. The zero-order valence-electron chi connectivity index (χ0n) is 5.69. The van der Waals surface area contributed by atoms with Crippen LogP contribution in [0.15, 0.2) is 0 Å². The first-order chi connectivity index (χ1) is 4.70. The van der Waals surface area contributed by atoms with E-state index in [1.807, 2.05) is 0 Å². The molecule has 1 aliphatic rings. The maximum absolute atomic E-state index is 10.4. The average Bonchev–Trinajstić information content (AvgIpc) is 1.88. The van der Waals surface area contributed by atoms with Crippen LogP contribution in [0.5, 0.6) is 0 Å². The molecule has 60 valence electrons. The number of hydrogen-bond acceptors (Lipinski definition) is 3. The van der Waals surface area contributed by atoms with Gasteiger partial charge in [-0.05, 0) is 12.8 Å². The normalized spacial score (nSPS) is 23.8. The van der Waals surface area contributed by atoms with Crippen LogP contribution in [0.4, 0.5) is 0 Å². The molecule has 1 heterocycles. The van der Waals surface area contributed by atoms with Gasteiger partial charge >= 0.3 is 0 Å². The van der Waals surface area contributed by atoms with Crippen LogP contribution in [-0.2, 0) is 10.9 Å². The second-order valence-corrected chi connectivity index (χ2v) is 3.57. The lowest BCUT2D eigenvalue weighted by Gasteiger charge is -2.24. The Hall–Kier alpha value is -0.130. The highest BCUT2D eigenvalue weighted by Gasteiger charge is 2.16. The lowest BCUT2D eigenvalue weighted by atomic mass is 10.1. The molecule has 1 fully saturated rings. The molecule has 0 aliphatic carbocycles. The van der Waals surface area contributed by atoms with Crippen LogP contribution >= 0.6 is 0 Å². The Labute approximate surface area is 62.1 Å². The second kappa shape index (κ2) is 3.32. The maximum atomic E-state index is 10.4. The minimum atomic E-state index is -2.36. The number of nitrogens with two attached hydrogens (primary N) is 1. The molecule has 2 N–H and O–H groups in total. The van der Waals surface area contributed by atoms with Crippen molar-refractivity contribution < 1.29 is 8.42 Å². The standard InChI is InChI=1S/C5H12N2O2S/c6-5-1-3-7(4-2-5)10(8)9/h5,10H,1-4,6H2. The molecule has 4 nitrogen and oxygen atoms in total. The molecule has 0 aromatic heterocycles. The van der Waals surface area contributed by atoms with E-state index in [0.717, 1.165) is 12.8 Å². The highest BCUT2D eigenvalue weighted by atomic mass is 32.2. The SMILES string of the molecule is NC1CCN([SH](=O)=O)CC1. The van der Waals surface area contributed by atoms with Crippen molar-refractivity contribution in [2.45, 2.75) is 18.9 Å². The van der Waals surface area contributed by atoms with Crippen molar-refractivity contribution in [2.75, 3.05) is 13.1 Å². The van der Waals surface area contributed by atoms with Gasteiger partial charge in [0.05, 0.1) is 0 Å². The van der Waals surface area contributed by atoms with Gasteiger partial charge in [-0.3, -0.25) is 0 Å². The number of piperidine rings is 1. The van der Waals surface area contributed by atoms with Crippen LogP contribution in [0.2, 0.25) is 0 Å². The van der Waals surface area contributed by atoms with E-state index in [1.165, 1.54) is 4.31 Å². The van der Waals surface area contributed by atoms with Crippen molar-refractivity contribution in [2.24, 2.45) is 5.73 Å². The molecule has 0 amide bonds. The van der Waals surface area contributed by atoms with E-state index in [-0.39, 0.29) is 6.04 Å². The minimum absolute atomic E-state index is 0.200.